The van der Waals surface area contributed by atoms with Gasteiger partial charge in [0, 0.05) is 6.54 Å². The van der Waals surface area contributed by atoms with Crippen LogP contribution in [0.1, 0.15) is 24.8 Å². The van der Waals surface area contributed by atoms with E-state index in [0.29, 0.717) is 12.0 Å². The summed E-state index contributed by atoms with van der Waals surface area (Å²) in [5.74, 6) is -1.50. The molecule has 0 aromatic heterocycles. The van der Waals surface area contributed by atoms with Gasteiger partial charge in [0.1, 0.15) is 12.4 Å². The summed E-state index contributed by atoms with van der Waals surface area (Å²) >= 11 is 0. The molecule has 0 N–H and O–H groups in total. The van der Waals surface area contributed by atoms with E-state index in [1.807, 2.05) is 0 Å². The first-order valence-electron chi connectivity index (χ1n) is 7.57. The van der Waals surface area contributed by atoms with Crippen LogP contribution in [0.25, 0.3) is 0 Å². The van der Waals surface area contributed by atoms with Gasteiger partial charge in [-0.15, -0.1) is 0 Å². The van der Waals surface area contributed by atoms with Crippen molar-refractivity contribution in [2.75, 3.05) is 6.54 Å². The highest BCUT2D eigenvalue weighted by atomic mass is 19.4. The van der Waals surface area contributed by atoms with Gasteiger partial charge < -0.3 is 9.64 Å². The van der Waals surface area contributed by atoms with Gasteiger partial charge in [-0.25, -0.2) is 4.39 Å². The lowest BCUT2D eigenvalue weighted by molar-refractivity contribution is -0.166. The van der Waals surface area contributed by atoms with Gasteiger partial charge in [0.15, 0.2) is 0 Å². The summed E-state index contributed by atoms with van der Waals surface area (Å²) in [6.07, 6.45) is -2.68. The predicted molar refractivity (Wildman–Crippen MR) is 73.9 cm³/mol. The molecule has 1 aromatic carbocycles. The van der Waals surface area contributed by atoms with Crippen LogP contribution in [0.4, 0.5) is 17.6 Å². The van der Waals surface area contributed by atoms with E-state index in [9.17, 15) is 22.4 Å². The van der Waals surface area contributed by atoms with Crippen LogP contribution < -0.4 is 0 Å². The molecule has 23 heavy (non-hydrogen) atoms. The number of fused-ring (bicyclic) bond motifs is 2. The van der Waals surface area contributed by atoms with Gasteiger partial charge in [-0.3, -0.25) is 4.79 Å². The van der Waals surface area contributed by atoms with Gasteiger partial charge in [0.25, 0.3) is 0 Å². The van der Waals surface area contributed by atoms with Crippen molar-refractivity contribution in [2.24, 2.45) is 5.92 Å². The Morgan fingerprint density at radius 3 is 2.43 bits per heavy atom. The molecular formula is C16H17F4NO2. The maximum Gasteiger partial charge on any atom is 0.406 e. The van der Waals surface area contributed by atoms with Crippen molar-refractivity contribution in [3.8, 4) is 0 Å². The topological polar surface area (TPSA) is 29.5 Å². The van der Waals surface area contributed by atoms with Crippen molar-refractivity contribution >= 4 is 5.91 Å². The van der Waals surface area contributed by atoms with E-state index in [0.717, 1.165) is 17.7 Å². The molecule has 1 amide bonds. The molecule has 0 saturated carbocycles. The molecule has 0 radical (unpaired) electrons. The highest BCUT2D eigenvalue weighted by Crippen LogP contribution is 2.40. The zero-order valence-electron chi connectivity index (χ0n) is 12.4. The quantitative estimate of drug-likeness (QED) is 0.793. The van der Waals surface area contributed by atoms with Crippen LogP contribution in [0.3, 0.4) is 0 Å². The minimum Gasteiger partial charge on any atom is -0.374 e. The summed E-state index contributed by atoms with van der Waals surface area (Å²) in [5, 5.41) is 0. The van der Waals surface area contributed by atoms with Crippen molar-refractivity contribution in [1.82, 2.24) is 4.90 Å². The average molecular weight is 331 g/mol. The Bertz CT molecular complexity index is 572. The van der Waals surface area contributed by atoms with Crippen LogP contribution >= 0.6 is 0 Å². The largest absolute Gasteiger partial charge is 0.406 e. The van der Waals surface area contributed by atoms with E-state index in [1.54, 1.807) is 0 Å². The first kappa shape index (κ1) is 16.2. The standard InChI is InChI=1S/C16H17F4NO2/c17-11-3-1-10(2-4-11)8-21(9-16(18,19)20)15(22)13-7-12-5-6-14(13)23-12/h1-4,12-14H,5-9H2/t12-,13-,14-/m1/s1. The van der Waals surface area contributed by atoms with Crippen molar-refractivity contribution in [3.05, 3.63) is 35.6 Å². The van der Waals surface area contributed by atoms with E-state index in [2.05, 4.69) is 0 Å². The molecule has 0 aliphatic carbocycles. The lowest BCUT2D eigenvalue weighted by Gasteiger charge is -2.29. The number of nitrogens with zero attached hydrogens (tertiary/aromatic N) is 1. The fourth-order valence-electron chi connectivity index (χ4n) is 3.37. The molecule has 1 aromatic rings. The van der Waals surface area contributed by atoms with Gasteiger partial charge in [-0.05, 0) is 37.0 Å². The lowest BCUT2D eigenvalue weighted by atomic mass is 9.88. The van der Waals surface area contributed by atoms with E-state index in [-0.39, 0.29) is 18.8 Å². The van der Waals surface area contributed by atoms with E-state index < -0.39 is 30.4 Å². The SMILES string of the molecule is O=C([C@@H]1C[C@H]2CC[C@H]1O2)N(Cc1ccc(F)cc1)CC(F)(F)F. The molecule has 2 fully saturated rings. The Morgan fingerprint density at radius 2 is 1.91 bits per heavy atom. The van der Waals surface area contributed by atoms with Crippen LogP contribution in [-0.2, 0) is 16.1 Å². The Labute approximate surface area is 131 Å². The second-order valence-corrected chi connectivity index (χ2v) is 6.15. The molecule has 7 heteroatoms. The van der Waals surface area contributed by atoms with E-state index in [1.165, 1.54) is 24.3 Å². The monoisotopic (exact) mass is 331 g/mol. The summed E-state index contributed by atoms with van der Waals surface area (Å²) in [4.78, 5) is 13.4. The molecule has 2 aliphatic rings. The minimum absolute atomic E-state index is 0.00694. The summed E-state index contributed by atoms with van der Waals surface area (Å²) in [7, 11) is 0. The summed E-state index contributed by atoms with van der Waals surface area (Å²) in [6, 6.07) is 5.13. The zero-order valence-corrected chi connectivity index (χ0v) is 12.4. The molecule has 3 atom stereocenters. The molecule has 3 nitrogen and oxygen atoms in total. The maximum absolute atomic E-state index is 12.9. The third-order valence-corrected chi connectivity index (χ3v) is 4.39. The number of hydrogen-bond acceptors (Lipinski definition) is 2. The second-order valence-electron chi connectivity index (χ2n) is 6.15. The fourth-order valence-corrected chi connectivity index (χ4v) is 3.37. The Balaban J connectivity index is 1.74. The van der Waals surface area contributed by atoms with Gasteiger partial charge in [0.2, 0.25) is 5.91 Å². The van der Waals surface area contributed by atoms with Crippen LogP contribution in [0.15, 0.2) is 24.3 Å². The maximum atomic E-state index is 12.9. The van der Waals surface area contributed by atoms with Gasteiger partial charge in [0.05, 0.1) is 18.1 Å². The normalized spacial score (nSPS) is 26.5. The molecule has 0 spiro atoms. The second kappa shape index (κ2) is 6.11. The zero-order chi connectivity index (χ0) is 16.6. The number of hydrogen-bond donors (Lipinski definition) is 0. The van der Waals surface area contributed by atoms with Crippen molar-refractivity contribution in [2.45, 2.75) is 44.2 Å². The van der Waals surface area contributed by atoms with Gasteiger partial charge >= 0.3 is 6.18 Å². The number of halogens is 4. The lowest BCUT2D eigenvalue weighted by Crippen LogP contribution is -2.44. The third kappa shape index (κ3) is 3.83. The van der Waals surface area contributed by atoms with Crippen LogP contribution in [0.5, 0.6) is 0 Å². The Morgan fingerprint density at radius 1 is 1.22 bits per heavy atom. The first-order valence-corrected chi connectivity index (χ1v) is 7.57. The molecule has 2 bridgehead atoms. The summed E-state index contributed by atoms with van der Waals surface area (Å²) in [5.41, 5.74) is 0.466. The van der Waals surface area contributed by atoms with Crippen LogP contribution in [0.2, 0.25) is 0 Å². The molecule has 2 aliphatic heterocycles. The number of rotatable bonds is 4. The molecule has 2 heterocycles. The predicted octanol–water partition coefficient (Wildman–Crippen LogP) is 3.28. The van der Waals surface area contributed by atoms with Crippen molar-refractivity contribution in [3.63, 3.8) is 0 Å². The Hall–Kier alpha value is -1.63. The highest BCUT2D eigenvalue weighted by Gasteiger charge is 2.47. The van der Waals surface area contributed by atoms with Crippen LogP contribution in [-0.4, -0.2) is 35.7 Å². The van der Waals surface area contributed by atoms with Crippen molar-refractivity contribution in [1.29, 1.82) is 0 Å². The molecule has 0 unspecified atom stereocenters. The number of alkyl halides is 3. The average Bonchev–Trinajstić information content (AvgIpc) is 3.09. The first-order chi connectivity index (χ1) is 10.8. The highest BCUT2D eigenvalue weighted by molar-refractivity contribution is 5.80. The number of carbonyl (C=O) groups is 1. The van der Waals surface area contributed by atoms with Crippen molar-refractivity contribution < 1.29 is 27.1 Å². The van der Waals surface area contributed by atoms with Gasteiger partial charge in [-0.1, -0.05) is 12.1 Å². The van der Waals surface area contributed by atoms with E-state index >= 15 is 0 Å². The number of ether oxygens (including phenoxy) is 1. The molecule has 126 valence electrons. The summed E-state index contributed by atoms with van der Waals surface area (Å²) < 4.78 is 57.0. The summed E-state index contributed by atoms with van der Waals surface area (Å²) in [6.45, 7) is -1.50. The number of benzene rings is 1. The van der Waals surface area contributed by atoms with Crippen LogP contribution in [0, 0.1) is 11.7 Å². The smallest absolute Gasteiger partial charge is 0.374 e. The molecule has 2 saturated heterocycles. The number of amides is 1. The molecular weight excluding hydrogens is 314 g/mol. The molecule has 3 rings (SSSR count). The Kier molecular flexibility index (Phi) is 4.31. The van der Waals surface area contributed by atoms with Gasteiger partial charge in [-0.2, -0.15) is 13.2 Å². The number of carbonyl (C=O) groups excluding carboxylic acids is 1. The minimum atomic E-state index is -4.48. The fraction of sp³-hybridized carbons (Fsp3) is 0.562. The third-order valence-electron chi connectivity index (χ3n) is 4.39. The van der Waals surface area contributed by atoms with E-state index in [4.69, 9.17) is 4.74 Å².